The Labute approximate surface area is 227 Å². The van der Waals surface area contributed by atoms with Gasteiger partial charge in [0.2, 0.25) is 23.8 Å². The first-order chi connectivity index (χ1) is 17.5. The highest BCUT2D eigenvalue weighted by Gasteiger charge is 2.63. The van der Waals surface area contributed by atoms with E-state index < -0.39 is 29.9 Å². The van der Waals surface area contributed by atoms with Gasteiger partial charge in [0.1, 0.15) is 6.10 Å². The molecule has 38 heavy (non-hydrogen) atoms. The average Bonchev–Trinajstić information content (AvgIpc) is 3.22. The summed E-state index contributed by atoms with van der Waals surface area (Å²) in [6.45, 7) is 12.1. The average molecular weight is 553 g/mol. The fourth-order valence-electron chi connectivity index (χ4n) is 4.94. The second kappa shape index (κ2) is 9.47. The van der Waals surface area contributed by atoms with Crippen LogP contribution in [0.15, 0.2) is 94.7 Å². The van der Waals surface area contributed by atoms with Crippen LogP contribution in [0.4, 0.5) is 0 Å². The molecule has 1 unspecified atom stereocenters. The fraction of sp³-hybridized carbons (Fsp3) is 0.355. The fourth-order valence-corrected chi connectivity index (χ4v) is 9.91. The van der Waals surface area contributed by atoms with Gasteiger partial charge in [-0.2, -0.15) is 0 Å². The lowest BCUT2D eigenvalue weighted by Gasteiger charge is -2.33. The molecular weight excluding hydrogens is 516 g/mol. The van der Waals surface area contributed by atoms with Gasteiger partial charge in [0.15, 0.2) is 0 Å². The van der Waals surface area contributed by atoms with Crippen LogP contribution < -0.4 is 0 Å². The molecule has 0 heterocycles. The number of hydrogen-bond donors (Lipinski definition) is 1. The summed E-state index contributed by atoms with van der Waals surface area (Å²) >= 11 is 0. The van der Waals surface area contributed by atoms with E-state index in [0.717, 1.165) is 11.1 Å². The molecule has 1 aliphatic carbocycles. The Bertz CT molecular complexity index is 1470. The van der Waals surface area contributed by atoms with Crippen molar-refractivity contribution in [2.75, 3.05) is 0 Å². The van der Waals surface area contributed by atoms with Crippen molar-refractivity contribution in [2.45, 2.75) is 78.8 Å². The van der Waals surface area contributed by atoms with E-state index in [2.05, 4.69) is 0 Å². The molecule has 202 valence electrons. The van der Waals surface area contributed by atoms with Crippen LogP contribution in [0.2, 0.25) is 0 Å². The summed E-state index contributed by atoms with van der Waals surface area (Å²) in [7, 11) is -9.17. The summed E-state index contributed by atoms with van der Waals surface area (Å²) in [4.78, 5) is -0.274. The third-order valence-electron chi connectivity index (χ3n) is 7.40. The second-order valence-corrected chi connectivity index (χ2v) is 16.7. The molecule has 0 saturated carbocycles. The maximum absolute atomic E-state index is 14.4. The van der Waals surface area contributed by atoms with E-state index in [0.29, 0.717) is 5.56 Å². The summed E-state index contributed by atoms with van der Waals surface area (Å²) in [5, 5.41) is 11.7. The minimum Gasteiger partial charge on any atom is -0.386 e. The van der Waals surface area contributed by atoms with Gasteiger partial charge >= 0.3 is 0 Å². The highest BCUT2D eigenvalue weighted by atomic mass is 32.3. The van der Waals surface area contributed by atoms with Crippen molar-refractivity contribution in [1.29, 1.82) is 0 Å². The Kier molecular flexibility index (Phi) is 7.05. The monoisotopic (exact) mass is 552 g/mol. The molecular formula is C31H36O5S2. The molecule has 0 aromatic heterocycles. The van der Waals surface area contributed by atoms with Crippen LogP contribution in [0.3, 0.4) is 0 Å². The van der Waals surface area contributed by atoms with Crippen LogP contribution in [0, 0.1) is 0 Å². The van der Waals surface area contributed by atoms with Crippen molar-refractivity contribution >= 4 is 25.2 Å². The van der Waals surface area contributed by atoms with Crippen molar-refractivity contribution in [3.05, 3.63) is 102 Å². The van der Waals surface area contributed by atoms with E-state index in [1.165, 1.54) is 24.3 Å². The quantitative estimate of drug-likeness (QED) is 0.415. The lowest BCUT2D eigenvalue weighted by molar-refractivity contribution is 0.217. The highest BCUT2D eigenvalue weighted by molar-refractivity contribution is 8.10. The van der Waals surface area contributed by atoms with Crippen LogP contribution in [-0.4, -0.2) is 32.1 Å². The van der Waals surface area contributed by atoms with Gasteiger partial charge in [-0.25, -0.2) is 16.8 Å². The first-order valence-corrected chi connectivity index (χ1v) is 15.6. The molecule has 0 fully saturated rings. The third-order valence-corrected chi connectivity index (χ3v) is 13.1. The molecule has 3 aromatic carbocycles. The van der Waals surface area contributed by atoms with Crippen LogP contribution in [0.5, 0.6) is 0 Å². The SMILES string of the molecule is CC(C)(C)c1ccc(S(=O)(=O)C2(S(=O)(=O)c3ccc(C(C)(C)C)cc3)CC=C(c3ccccc3)C2O)cc1. The number of aliphatic hydroxyl groups is 1. The first-order valence-electron chi connectivity index (χ1n) is 12.7. The van der Waals surface area contributed by atoms with Crippen LogP contribution >= 0.6 is 0 Å². The molecule has 0 radical (unpaired) electrons. The van der Waals surface area contributed by atoms with Gasteiger partial charge in [-0.15, -0.1) is 0 Å². The molecule has 0 saturated heterocycles. The maximum Gasteiger partial charge on any atom is 0.215 e. The van der Waals surface area contributed by atoms with Crippen molar-refractivity contribution < 1.29 is 21.9 Å². The predicted octanol–water partition coefficient (Wildman–Crippen LogP) is 6.07. The van der Waals surface area contributed by atoms with Crippen molar-refractivity contribution in [3.8, 4) is 0 Å². The first kappa shape index (κ1) is 28.3. The normalized spacial score (nSPS) is 18.3. The number of sulfone groups is 2. The molecule has 0 spiro atoms. The largest absolute Gasteiger partial charge is 0.386 e. The minimum absolute atomic E-state index is 0.137. The summed E-state index contributed by atoms with van der Waals surface area (Å²) in [6, 6.07) is 21.4. The zero-order valence-corrected chi connectivity index (χ0v) is 24.4. The molecule has 5 nitrogen and oxygen atoms in total. The summed E-state index contributed by atoms with van der Waals surface area (Å²) in [5.74, 6) is 0. The van der Waals surface area contributed by atoms with Gasteiger partial charge in [-0.1, -0.05) is 102 Å². The highest BCUT2D eigenvalue weighted by Crippen LogP contribution is 2.49. The smallest absolute Gasteiger partial charge is 0.215 e. The lowest BCUT2D eigenvalue weighted by atomic mass is 9.87. The van der Waals surface area contributed by atoms with E-state index in [-0.39, 0.29) is 32.6 Å². The zero-order chi connectivity index (χ0) is 28.1. The second-order valence-electron chi connectivity index (χ2n) is 12.0. The van der Waals surface area contributed by atoms with Gasteiger partial charge in [-0.3, -0.25) is 0 Å². The van der Waals surface area contributed by atoms with Crippen molar-refractivity contribution in [3.63, 3.8) is 0 Å². The number of aliphatic hydroxyl groups excluding tert-OH is 1. The topological polar surface area (TPSA) is 88.5 Å². The molecule has 0 amide bonds. The zero-order valence-electron chi connectivity index (χ0n) is 22.8. The van der Waals surface area contributed by atoms with Gasteiger partial charge in [-0.05, 0) is 57.4 Å². The molecule has 1 N–H and O–H groups in total. The van der Waals surface area contributed by atoms with Gasteiger partial charge in [0, 0.05) is 6.42 Å². The predicted molar refractivity (Wildman–Crippen MR) is 152 cm³/mol. The van der Waals surface area contributed by atoms with E-state index in [9.17, 15) is 21.9 Å². The molecule has 1 atom stereocenters. The van der Waals surface area contributed by atoms with Gasteiger partial charge in [0.05, 0.1) is 9.79 Å². The Morgan fingerprint density at radius 1 is 0.658 bits per heavy atom. The van der Waals surface area contributed by atoms with E-state index >= 15 is 0 Å². The number of hydrogen-bond acceptors (Lipinski definition) is 5. The van der Waals surface area contributed by atoms with Crippen molar-refractivity contribution in [2.24, 2.45) is 0 Å². The van der Waals surface area contributed by atoms with Crippen LogP contribution in [0.1, 0.15) is 64.7 Å². The van der Waals surface area contributed by atoms with E-state index in [1.807, 2.05) is 41.5 Å². The Hall–Kier alpha value is -2.74. The number of benzene rings is 3. The van der Waals surface area contributed by atoms with E-state index in [1.54, 1.807) is 60.7 Å². The van der Waals surface area contributed by atoms with Gasteiger partial charge in [0.25, 0.3) is 0 Å². The van der Waals surface area contributed by atoms with Crippen molar-refractivity contribution in [1.82, 2.24) is 0 Å². The molecule has 0 bridgehead atoms. The Morgan fingerprint density at radius 3 is 1.42 bits per heavy atom. The van der Waals surface area contributed by atoms with Crippen LogP contribution in [-0.2, 0) is 30.5 Å². The molecule has 0 aliphatic heterocycles. The Balaban J connectivity index is 1.92. The molecule has 3 aromatic rings. The van der Waals surface area contributed by atoms with Crippen LogP contribution in [0.25, 0.3) is 5.57 Å². The number of allylic oxidation sites excluding steroid dienone is 1. The summed E-state index contributed by atoms with van der Waals surface area (Å²) < 4.78 is 55.0. The lowest BCUT2D eigenvalue weighted by Crippen LogP contribution is -2.53. The van der Waals surface area contributed by atoms with E-state index in [4.69, 9.17) is 0 Å². The summed E-state index contributed by atoms with van der Waals surface area (Å²) in [5.41, 5.74) is 2.28. The standard InChI is InChI=1S/C31H36O5S2/c1-29(2,3)23-12-16-25(17-13-23)37(33,34)31(21-20-27(28(31)32)22-10-8-7-9-11-22)38(35,36)26-18-14-24(15-19-26)30(4,5)6/h7-20,28,32H,21H2,1-6H3. The molecule has 1 aliphatic rings. The molecule has 7 heteroatoms. The maximum atomic E-state index is 14.4. The van der Waals surface area contributed by atoms with Gasteiger partial charge < -0.3 is 5.11 Å². The molecule has 4 rings (SSSR count). The Morgan fingerprint density at radius 2 is 1.05 bits per heavy atom. The summed E-state index contributed by atoms with van der Waals surface area (Å²) in [6.07, 6.45) is -0.614. The third kappa shape index (κ3) is 4.55. The minimum atomic E-state index is -4.59. The number of rotatable bonds is 5.